The summed E-state index contributed by atoms with van der Waals surface area (Å²) < 4.78 is 0. The van der Waals surface area contributed by atoms with Gasteiger partial charge in [-0.2, -0.15) is 0 Å². The zero-order chi connectivity index (χ0) is 26.4. The van der Waals surface area contributed by atoms with Crippen molar-refractivity contribution in [2.24, 2.45) is 0 Å². The normalized spacial score (nSPS) is 10.4. The lowest BCUT2D eigenvalue weighted by atomic mass is 9.73. The molecule has 0 aliphatic heterocycles. The van der Waals surface area contributed by atoms with E-state index in [4.69, 9.17) is 0 Å². The van der Waals surface area contributed by atoms with Crippen molar-refractivity contribution in [1.82, 2.24) is 0 Å². The first-order valence-corrected chi connectivity index (χ1v) is 11.7. The predicted octanol–water partition coefficient (Wildman–Crippen LogP) is 6.21. The maximum atomic E-state index is 11.8. The Kier molecular flexibility index (Phi) is 7.23. The molecule has 0 spiro atoms. The lowest BCUT2D eigenvalue weighted by Crippen LogP contribution is -2.23. The highest BCUT2D eigenvalue weighted by Gasteiger charge is 2.30. The van der Waals surface area contributed by atoms with E-state index in [1.807, 2.05) is 74.5 Å². The first kappa shape index (κ1) is 25.0. The Morgan fingerprint density at radius 3 is 1.30 bits per heavy atom. The molecular formula is C33H24O4. The van der Waals surface area contributed by atoms with Crippen molar-refractivity contribution in [3.8, 4) is 23.7 Å². The standard InChI is InChI=1S/C33H24O4/c1-33(2,29-21-27(31(34)35)19-17-25(29)15-13-23-9-5-3-6-10-23)30-22-28(32(36)37)20-18-26(30)16-14-24-11-7-4-8-12-24/h3-12,17-22H,1-2H3,(H,34,35)(H,36,37). The summed E-state index contributed by atoms with van der Waals surface area (Å²) in [5.41, 5.74) is 3.73. The van der Waals surface area contributed by atoms with E-state index in [2.05, 4.69) is 23.7 Å². The fraction of sp³-hybridized carbons (Fsp3) is 0.0909. The molecule has 0 unspecified atom stereocenters. The van der Waals surface area contributed by atoms with Crippen molar-refractivity contribution in [3.63, 3.8) is 0 Å². The molecule has 0 radical (unpaired) electrons. The molecule has 0 aliphatic rings. The quantitative estimate of drug-likeness (QED) is 0.338. The van der Waals surface area contributed by atoms with Gasteiger partial charge in [-0.3, -0.25) is 0 Å². The van der Waals surface area contributed by atoms with Crippen molar-refractivity contribution in [1.29, 1.82) is 0 Å². The van der Waals surface area contributed by atoms with Gasteiger partial charge in [0.1, 0.15) is 0 Å². The second-order valence-corrected chi connectivity index (χ2v) is 8.99. The molecule has 4 aromatic carbocycles. The summed E-state index contributed by atoms with van der Waals surface area (Å²) in [7, 11) is 0. The van der Waals surface area contributed by atoms with E-state index in [0.29, 0.717) is 22.3 Å². The van der Waals surface area contributed by atoms with Crippen LogP contribution in [0.3, 0.4) is 0 Å². The van der Waals surface area contributed by atoms with Crippen molar-refractivity contribution >= 4 is 11.9 Å². The maximum absolute atomic E-state index is 11.8. The smallest absolute Gasteiger partial charge is 0.335 e. The summed E-state index contributed by atoms with van der Waals surface area (Å²) in [6, 6.07) is 28.7. The highest BCUT2D eigenvalue weighted by molar-refractivity contribution is 5.89. The summed E-state index contributed by atoms with van der Waals surface area (Å²) in [4.78, 5) is 23.7. The molecule has 37 heavy (non-hydrogen) atoms. The van der Waals surface area contributed by atoms with Gasteiger partial charge in [-0.15, -0.1) is 0 Å². The third-order valence-corrected chi connectivity index (χ3v) is 6.11. The molecule has 4 aromatic rings. The number of rotatable bonds is 4. The largest absolute Gasteiger partial charge is 0.478 e. The van der Waals surface area contributed by atoms with Gasteiger partial charge in [-0.25, -0.2) is 9.59 Å². The highest BCUT2D eigenvalue weighted by Crippen LogP contribution is 2.37. The van der Waals surface area contributed by atoms with Crippen molar-refractivity contribution in [3.05, 3.63) is 142 Å². The van der Waals surface area contributed by atoms with Crippen LogP contribution in [0.15, 0.2) is 97.1 Å². The maximum Gasteiger partial charge on any atom is 0.335 e. The van der Waals surface area contributed by atoms with Crippen LogP contribution in [0.25, 0.3) is 0 Å². The molecule has 180 valence electrons. The molecule has 0 aliphatic carbocycles. The van der Waals surface area contributed by atoms with Crippen LogP contribution in [-0.4, -0.2) is 22.2 Å². The Labute approximate surface area is 216 Å². The third-order valence-electron chi connectivity index (χ3n) is 6.11. The fourth-order valence-corrected chi connectivity index (χ4v) is 4.07. The highest BCUT2D eigenvalue weighted by atomic mass is 16.4. The fourth-order valence-electron chi connectivity index (χ4n) is 4.07. The Morgan fingerprint density at radius 2 is 0.946 bits per heavy atom. The molecule has 0 fully saturated rings. The zero-order valence-corrected chi connectivity index (χ0v) is 20.4. The van der Waals surface area contributed by atoms with Crippen molar-refractivity contribution in [2.45, 2.75) is 19.3 Å². The van der Waals surface area contributed by atoms with E-state index in [1.54, 1.807) is 24.3 Å². The second-order valence-electron chi connectivity index (χ2n) is 8.99. The van der Waals surface area contributed by atoms with Gasteiger partial charge in [0, 0.05) is 27.7 Å². The number of hydrogen-bond donors (Lipinski definition) is 2. The van der Waals surface area contributed by atoms with Crippen LogP contribution < -0.4 is 0 Å². The molecule has 4 rings (SSSR count). The van der Waals surface area contributed by atoms with Gasteiger partial charge >= 0.3 is 11.9 Å². The van der Waals surface area contributed by atoms with Crippen LogP contribution in [0.4, 0.5) is 0 Å². The summed E-state index contributed by atoms with van der Waals surface area (Å²) in [5.74, 6) is 10.6. The van der Waals surface area contributed by atoms with E-state index in [-0.39, 0.29) is 11.1 Å². The van der Waals surface area contributed by atoms with E-state index < -0.39 is 17.4 Å². The number of carboxylic acid groups (broad SMARTS) is 2. The average molecular weight is 485 g/mol. The number of hydrogen-bond acceptors (Lipinski definition) is 2. The summed E-state index contributed by atoms with van der Waals surface area (Å²) in [6.07, 6.45) is 0. The van der Waals surface area contributed by atoms with Crippen LogP contribution in [0.1, 0.15) is 67.9 Å². The summed E-state index contributed by atoms with van der Waals surface area (Å²) in [6.45, 7) is 3.85. The van der Waals surface area contributed by atoms with Crippen LogP contribution in [0.2, 0.25) is 0 Å². The topological polar surface area (TPSA) is 74.6 Å². The second kappa shape index (κ2) is 10.7. The Morgan fingerprint density at radius 1 is 0.568 bits per heavy atom. The Bertz CT molecular complexity index is 1470. The molecule has 0 amide bonds. The van der Waals surface area contributed by atoms with Crippen LogP contribution in [0.5, 0.6) is 0 Å². The Hall–Kier alpha value is -5.06. The van der Waals surface area contributed by atoms with E-state index in [9.17, 15) is 19.8 Å². The minimum Gasteiger partial charge on any atom is -0.478 e. The summed E-state index contributed by atoms with van der Waals surface area (Å²) >= 11 is 0. The van der Waals surface area contributed by atoms with E-state index in [0.717, 1.165) is 11.1 Å². The Balaban J connectivity index is 1.92. The molecule has 2 N–H and O–H groups in total. The molecule has 4 heteroatoms. The van der Waals surface area contributed by atoms with E-state index >= 15 is 0 Å². The van der Waals surface area contributed by atoms with Crippen molar-refractivity contribution < 1.29 is 19.8 Å². The minimum absolute atomic E-state index is 0.125. The first-order chi connectivity index (χ1) is 17.8. The SMILES string of the molecule is CC(C)(c1cc(C(=O)O)ccc1C#Cc1ccccc1)c1cc(C(=O)O)ccc1C#Cc1ccccc1. The molecule has 0 atom stereocenters. The molecule has 0 saturated heterocycles. The predicted molar refractivity (Wildman–Crippen MR) is 144 cm³/mol. The minimum atomic E-state index is -1.05. The first-order valence-electron chi connectivity index (χ1n) is 11.7. The van der Waals surface area contributed by atoms with Gasteiger partial charge < -0.3 is 10.2 Å². The van der Waals surface area contributed by atoms with Crippen LogP contribution in [-0.2, 0) is 5.41 Å². The molecule has 0 bridgehead atoms. The molecular weight excluding hydrogens is 460 g/mol. The van der Waals surface area contributed by atoms with Crippen LogP contribution in [0, 0.1) is 23.7 Å². The monoisotopic (exact) mass is 484 g/mol. The van der Waals surface area contributed by atoms with Gasteiger partial charge in [0.25, 0.3) is 0 Å². The van der Waals surface area contributed by atoms with Crippen LogP contribution >= 0.6 is 0 Å². The average Bonchev–Trinajstić information content (AvgIpc) is 2.91. The summed E-state index contributed by atoms with van der Waals surface area (Å²) in [5, 5.41) is 19.4. The number of carbonyl (C=O) groups is 2. The van der Waals surface area contributed by atoms with Gasteiger partial charge in [0.15, 0.2) is 0 Å². The molecule has 0 aromatic heterocycles. The van der Waals surface area contributed by atoms with Gasteiger partial charge in [-0.1, -0.05) is 73.9 Å². The van der Waals surface area contributed by atoms with Crippen molar-refractivity contribution in [2.75, 3.05) is 0 Å². The van der Waals surface area contributed by atoms with E-state index in [1.165, 1.54) is 12.1 Å². The lowest BCUT2D eigenvalue weighted by molar-refractivity contribution is 0.0686. The lowest BCUT2D eigenvalue weighted by Gasteiger charge is -2.29. The number of carboxylic acids is 2. The molecule has 4 nitrogen and oxygen atoms in total. The molecule has 0 heterocycles. The number of aromatic carboxylic acids is 2. The zero-order valence-electron chi connectivity index (χ0n) is 20.4. The third kappa shape index (κ3) is 5.78. The van der Waals surface area contributed by atoms with Gasteiger partial charge in [0.05, 0.1) is 11.1 Å². The number of benzene rings is 4. The van der Waals surface area contributed by atoms with Gasteiger partial charge in [0.2, 0.25) is 0 Å². The van der Waals surface area contributed by atoms with Gasteiger partial charge in [-0.05, 0) is 71.8 Å². The molecule has 0 saturated carbocycles.